The van der Waals surface area contributed by atoms with Crippen molar-refractivity contribution in [3.05, 3.63) is 0 Å². The molecule has 0 bridgehead atoms. The molecule has 1 aliphatic heterocycles. The van der Waals surface area contributed by atoms with Gasteiger partial charge >= 0.3 is 0 Å². The molecule has 0 aromatic rings. The largest absolute Gasteiger partial charge is 0.311 e. The Bertz CT molecular complexity index is 243. The van der Waals surface area contributed by atoms with Gasteiger partial charge in [0.25, 0.3) is 0 Å². The quantitative estimate of drug-likeness (QED) is 0.767. The van der Waals surface area contributed by atoms with Crippen molar-refractivity contribution in [1.29, 1.82) is 0 Å². The minimum absolute atomic E-state index is 0.750. The molecule has 3 fully saturated rings. The third-order valence-corrected chi connectivity index (χ3v) is 4.78. The number of nitrogens with zero attached hydrogens (tertiary/aromatic N) is 1. The lowest BCUT2D eigenvalue weighted by molar-refractivity contribution is 0.152. The molecule has 0 amide bonds. The fraction of sp³-hybridized carbons (Fsp3) is 1.00. The van der Waals surface area contributed by atoms with E-state index in [0.717, 1.165) is 17.4 Å². The first-order chi connectivity index (χ1) is 7.81. The maximum atomic E-state index is 3.71. The Morgan fingerprint density at radius 1 is 1.31 bits per heavy atom. The minimum Gasteiger partial charge on any atom is -0.311 e. The summed E-state index contributed by atoms with van der Waals surface area (Å²) < 4.78 is 0. The normalized spacial score (nSPS) is 33.9. The third kappa shape index (κ3) is 2.43. The van der Waals surface area contributed by atoms with E-state index in [-0.39, 0.29) is 0 Å². The standard InChI is InChI=1S/C14H26N2/c1-2-5-14(6-7-14)11-16-9-8-15-13(10-16)12-3-4-12/h12-13,15H,2-11H2,1H3. The van der Waals surface area contributed by atoms with E-state index in [9.17, 15) is 0 Å². The summed E-state index contributed by atoms with van der Waals surface area (Å²) in [4.78, 5) is 2.75. The molecule has 2 aliphatic carbocycles. The van der Waals surface area contributed by atoms with Gasteiger partial charge in [0.05, 0.1) is 0 Å². The Kier molecular flexibility index (Phi) is 2.97. The van der Waals surface area contributed by atoms with E-state index in [1.54, 1.807) is 0 Å². The average Bonchev–Trinajstić information content (AvgIpc) is 3.12. The number of piperazine rings is 1. The highest BCUT2D eigenvalue weighted by Gasteiger charge is 2.44. The molecule has 92 valence electrons. The second-order valence-electron chi connectivity index (χ2n) is 6.38. The van der Waals surface area contributed by atoms with Crippen LogP contribution in [-0.4, -0.2) is 37.1 Å². The Hall–Kier alpha value is -0.0800. The first-order valence-electron chi connectivity index (χ1n) is 7.27. The molecular weight excluding hydrogens is 196 g/mol. The van der Waals surface area contributed by atoms with E-state index in [4.69, 9.17) is 0 Å². The van der Waals surface area contributed by atoms with Crippen molar-refractivity contribution >= 4 is 0 Å². The van der Waals surface area contributed by atoms with Crippen LogP contribution in [0, 0.1) is 11.3 Å². The topological polar surface area (TPSA) is 15.3 Å². The van der Waals surface area contributed by atoms with Crippen molar-refractivity contribution < 1.29 is 0 Å². The lowest BCUT2D eigenvalue weighted by atomic mass is 9.99. The van der Waals surface area contributed by atoms with E-state index >= 15 is 0 Å². The van der Waals surface area contributed by atoms with Gasteiger partial charge in [0.2, 0.25) is 0 Å². The lowest BCUT2D eigenvalue weighted by Crippen LogP contribution is -2.52. The van der Waals surface area contributed by atoms with Crippen molar-refractivity contribution in [1.82, 2.24) is 10.2 Å². The van der Waals surface area contributed by atoms with Gasteiger partial charge in [-0.1, -0.05) is 13.3 Å². The van der Waals surface area contributed by atoms with Gasteiger partial charge in [0, 0.05) is 32.2 Å². The summed E-state index contributed by atoms with van der Waals surface area (Å²) in [6, 6.07) is 0.825. The van der Waals surface area contributed by atoms with Gasteiger partial charge in [-0.05, 0) is 43.4 Å². The summed E-state index contributed by atoms with van der Waals surface area (Å²) in [6.45, 7) is 7.57. The van der Waals surface area contributed by atoms with Crippen LogP contribution < -0.4 is 5.32 Å². The highest BCUT2D eigenvalue weighted by Crippen LogP contribution is 2.50. The van der Waals surface area contributed by atoms with E-state index in [1.165, 1.54) is 64.7 Å². The lowest BCUT2D eigenvalue weighted by Gasteiger charge is -2.36. The number of nitrogens with one attached hydrogen (secondary N) is 1. The van der Waals surface area contributed by atoms with E-state index in [0.29, 0.717) is 0 Å². The number of hydrogen-bond acceptors (Lipinski definition) is 2. The molecule has 1 unspecified atom stereocenters. The zero-order valence-corrected chi connectivity index (χ0v) is 10.7. The molecular formula is C14H26N2. The number of rotatable bonds is 5. The van der Waals surface area contributed by atoms with Crippen LogP contribution >= 0.6 is 0 Å². The maximum Gasteiger partial charge on any atom is 0.0223 e. The van der Waals surface area contributed by atoms with Crippen LogP contribution in [0.2, 0.25) is 0 Å². The minimum atomic E-state index is 0.750. The summed E-state index contributed by atoms with van der Waals surface area (Å²) in [5.74, 6) is 1.02. The highest BCUT2D eigenvalue weighted by molar-refractivity contribution is 4.98. The van der Waals surface area contributed by atoms with Crippen LogP contribution in [0.1, 0.15) is 45.4 Å². The van der Waals surface area contributed by atoms with Gasteiger partial charge in [-0.2, -0.15) is 0 Å². The van der Waals surface area contributed by atoms with Gasteiger partial charge in [-0.3, -0.25) is 4.90 Å². The molecule has 2 saturated carbocycles. The SMILES string of the molecule is CCCC1(CN2CCNC(C3CC3)C2)CC1. The Balaban J connectivity index is 1.50. The van der Waals surface area contributed by atoms with Crippen molar-refractivity contribution in [3.8, 4) is 0 Å². The molecule has 1 heterocycles. The van der Waals surface area contributed by atoms with Gasteiger partial charge < -0.3 is 5.32 Å². The van der Waals surface area contributed by atoms with Crippen LogP contribution in [0.15, 0.2) is 0 Å². The molecule has 2 heteroatoms. The van der Waals surface area contributed by atoms with E-state index in [1.807, 2.05) is 0 Å². The average molecular weight is 222 g/mol. The molecule has 0 spiro atoms. The van der Waals surface area contributed by atoms with Crippen molar-refractivity contribution in [2.75, 3.05) is 26.2 Å². The predicted octanol–water partition coefficient (Wildman–Crippen LogP) is 2.25. The van der Waals surface area contributed by atoms with Crippen LogP contribution in [0.3, 0.4) is 0 Å². The van der Waals surface area contributed by atoms with Gasteiger partial charge in [0.1, 0.15) is 0 Å². The van der Waals surface area contributed by atoms with Gasteiger partial charge in [-0.15, -0.1) is 0 Å². The van der Waals surface area contributed by atoms with E-state index in [2.05, 4.69) is 17.1 Å². The Labute approximate surface area is 99.8 Å². The molecule has 16 heavy (non-hydrogen) atoms. The van der Waals surface area contributed by atoms with Crippen molar-refractivity contribution in [2.24, 2.45) is 11.3 Å². The zero-order valence-electron chi connectivity index (χ0n) is 10.7. The fourth-order valence-electron chi connectivity index (χ4n) is 3.47. The van der Waals surface area contributed by atoms with Crippen LogP contribution in [0.25, 0.3) is 0 Å². The molecule has 3 rings (SSSR count). The fourth-order valence-corrected chi connectivity index (χ4v) is 3.47. The first-order valence-corrected chi connectivity index (χ1v) is 7.27. The van der Waals surface area contributed by atoms with Crippen LogP contribution in [0.4, 0.5) is 0 Å². The van der Waals surface area contributed by atoms with E-state index < -0.39 is 0 Å². The molecule has 0 radical (unpaired) electrons. The molecule has 1 saturated heterocycles. The molecule has 1 N–H and O–H groups in total. The smallest absolute Gasteiger partial charge is 0.0223 e. The zero-order chi connectivity index (χ0) is 11.0. The molecule has 0 aromatic carbocycles. The summed E-state index contributed by atoms with van der Waals surface area (Å²) in [5.41, 5.74) is 0.750. The van der Waals surface area contributed by atoms with Crippen LogP contribution in [0.5, 0.6) is 0 Å². The highest BCUT2D eigenvalue weighted by atomic mass is 15.2. The monoisotopic (exact) mass is 222 g/mol. The summed E-state index contributed by atoms with van der Waals surface area (Å²) in [7, 11) is 0. The second-order valence-corrected chi connectivity index (χ2v) is 6.38. The molecule has 0 aromatic heterocycles. The summed E-state index contributed by atoms with van der Waals surface area (Å²) >= 11 is 0. The maximum absolute atomic E-state index is 3.71. The summed E-state index contributed by atoms with van der Waals surface area (Å²) in [5, 5.41) is 3.71. The van der Waals surface area contributed by atoms with Crippen molar-refractivity contribution in [3.63, 3.8) is 0 Å². The van der Waals surface area contributed by atoms with Crippen molar-refractivity contribution in [2.45, 2.75) is 51.5 Å². The van der Waals surface area contributed by atoms with Gasteiger partial charge in [-0.25, -0.2) is 0 Å². The van der Waals surface area contributed by atoms with Gasteiger partial charge in [0.15, 0.2) is 0 Å². The predicted molar refractivity (Wildman–Crippen MR) is 67.5 cm³/mol. The Morgan fingerprint density at radius 3 is 2.75 bits per heavy atom. The third-order valence-electron chi connectivity index (χ3n) is 4.78. The molecule has 2 nitrogen and oxygen atoms in total. The Morgan fingerprint density at radius 2 is 2.12 bits per heavy atom. The van der Waals surface area contributed by atoms with Crippen LogP contribution in [-0.2, 0) is 0 Å². The molecule has 3 aliphatic rings. The second kappa shape index (κ2) is 4.30. The first kappa shape index (κ1) is 11.0. The summed E-state index contributed by atoms with van der Waals surface area (Å²) in [6.07, 6.45) is 8.79. The number of hydrogen-bond donors (Lipinski definition) is 1. The molecule has 1 atom stereocenters.